The molecule has 0 spiro atoms. The van der Waals surface area contributed by atoms with Crippen LogP contribution in [0.1, 0.15) is 33.8 Å². The van der Waals surface area contributed by atoms with Crippen molar-refractivity contribution in [2.45, 2.75) is 18.9 Å². The Morgan fingerprint density at radius 1 is 1.16 bits per heavy atom. The van der Waals surface area contributed by atoms with E-state index in [9.17, 15) is 24.3 Å². The van der Waals surface area contributed by atoms with Crippen LogP contribution >= 0.6 is 0 Å². The van der Waals surface area contributed by atoms with E-state index >= 15 is 0 Å². The first-order valence-corrected chi connectivity index (χ1v) is 9.78. The molecule has 1 fully saturated rings. The Labute approximate surface area is 178 Å². The first kappa shape index (κ1) is 20.4. The SMILES string of the molecule is COc1cc(C(=O)N2Cc3ccccc3C(C(=O)O)C2)ccc1N1CCC(=O)NC1=O. The largest absolute Gasteiger partial charge is 0.495 e. The highest BCUT2D eigenvalue weighted by Crippen LogP contribution is 2.33. The molecule has 160 valence electrons. The van der Waals surface area contributed by atoms with E-state index in [1.807, 2.05) is 12.1 Å². The monoisotopic (exact) mass is 423 g/mol. The van der Waals surface area contributed by atoms with Crippen LogP contribution in [0.4, 0.5) is 10.5 Å². The molecule has 0 bridgehead atoms. The number of methoxy groups -OCH3 is 1. The normalized spacial score (nSPS) is 18.3. The lowest BCUT2D eigenvalue weighted by atomic mass is 9.89. The average Bonchev–Trinajstić information content (AvgIpc) is 2.77. The molecular weight excluding hydrogens is 402 g/mol. The third-order valence-electron chi connectivity index (χ3n) is 5.55. The molecule has 31 heavy (non-hydrogen) atoms. The Bertz CT molecular complexity index is 1080. The third kappa shape index (κ3) is 3.81. The maximum Gasteiger partial charge on any atom is 0.328 e. The van der Waals surface area contributed by atoms with E-state index in [0.717, 1.165) is 11.1 Å². The maximum atomic E-state index is 13.2. The summed E-state index contributed by atoms with van der Waals surface area (Å²) in [4.78, 5) is 51.4. The van der Waals surface area contributed by atoms with Crippen molar-refractivity contribution in [1.82, 2.24) is 10.2 Å². The Balaban J connectivity index is 1.61. The molecule has 1 unspecified atom stereocenters. The lowest BCUT2D eigenvalue weighted by molar-refractivity contribution is -0.139. The molecule has 1 atom stereocenters. The minimum absolute atomic E-state index is 0.0614. The smallest absolute Gasteiger partial charge is 0.328 e. The van der Waals surface area contributed by atoms with Crippen LogP contribution in [0.3, 0.4) is 0 Å². The van der Waals surface area contributed by atoms with E-state index in [-0.39, 0.29) is 31.3 Å². The van der Waals surface area contributed by atoms with E-state index in [1.54, 1.807) is 24.3 Å². The van der Waals surface area contributed by atoms with Gasteiger partial charge in [0.2, 0.25) is 5.91 Å². The molecule has 2 aliphatic heterocycles. The van der Waals surface area contributed by atoms with Crippen molar-refractivity contribution < 1.29 is 29.0 Å². The summed E-state index contributed by atoms with van der Waals surface area (Å²) in [7, 11) is 1.43. The topological polar surface area (TPSA) is 116 Å². The Kier molecular flexibility index (Phi) is 5.33. The standard InChI is InChI=1S/C22H21N3O6/c1-31-18-10-13(6-7-17(18)25-9-8-19(26)23-22(25)30)20(27)24-11-14-4-2-3-5-15(14)16(12-24)21(28)29/h2-7,10,16H,8-9,11-12H2,1H3,(H,28,29)(H,23,26,30). The summed E-state index contributed by atoms with van der Waals surface area (Å²) < 4.78 is 5.40. The zero-order chi connectivity index (χ0) is 22.1. The number of hydrogen-bond acceptors (Lipinski definition) is 5. The van der Waals surface area contributed by atoms with E-state index in [4.69, 9.17) is 4.74 Å². The number of carboxylic acid groups (broad SMARTS) is 1. The van der Waals surface area contributed by atoms with Crippen LogP contribution in [-0.2, 0) is 16.1 Å². The molecule has 0 radical (unpaired) electrons. The molecule has 9 nitrogen and oxygen atoms in total. The maximum absolute atomic E-state index is 13.2. The van der Waals surface area contributed by atoms with Crippen LogP contribution in [0.2, 0.25) is 0 Å². The summed E-state index contributed by atoms with van der Waals surface area (Å²) in [6.07, 6.45) is 0.166. The zero-order valence-corrected chi connectivity index (χ0v) is 16.8. The molecule has 0 saturated carbocycles. The number of urea groups is 1. The van der Waals surface area contributed by atoms with Crippen molar-refractivity contribution in [2.75, 3.05) is 25.1 Å². The first-order valence-electron chi connectivity index (χ1n) is 9.78. The van der Waals surface area contributed by atoms with Crippen molar-refractivity contribution >= 4 is 29.5 Å². The van der Waals surface area contributed by atoms with E-state index in [1.165, 1.54) is 23.0 Å². The van der Waals surface area contributed by atoms with Crippen LogP contribution in [0, 0.1) is 0 Å². The van der Waals surface area contributed by atoms with Gasteiger partial charge in [-0.05, 0) is 29.3 Å². The number of carbonyl (C=O) groups excluding carboxylic acids is 3. The molecule has 2 aromatic rings. The van der Waals surface area contributed by atoms with Crippen LogP contribution in [0.5, 0.6) is 5.75 Å². The van der Waals surface area contributed by atoms with Gasteiger partial charge in [0.05, 0.1) is 18.7 Å². The summed E-state index contributed by atoms with van der Waals surface area (Å²) in [5.74, 6) is -2.15. The van der Waals surface area contributed by atoms with Gasteiger partial charge in [0.1, 0.15) is 5.75 Å². The number of nitrogens with zero attached hydrogens (tertiary/aromatic N) is 2. The Hall–Kier alpha value is -3.88. The minimum Gasteiger partial charge on any atom is -0.495 e. The molecule has 4 amide bonds. The van der Waals surface area contributed by atoms with Crippen LogP contribution in [-0.4, -0.2) is 54.0 Å². The van der Waals surface area contributed by atoms with E-state index < -0.39 is 17.9 Å². The van der Waals surface area contributed by atoms with Crippen molar-refractivity contribution in [3.8, 4) is 5.75 Å². The molecule has 1 saturated heterocycles. The Morgan fingerprint density at radius 3 is 2.65 bits per heavy atom. The van der Waals surface area contributed by atoms with Gasteiger partial charge in [-0.1, -0.05) is 24.3 Å². The molecule has 2 heterocycles. The number of aliphatic carboxylic acids is 1. The number of ether oxygens (including phenoxy) is 1. The van der Waals surface area contributed by atoms with Gasteiger partial charge in [0.25, 0.3) is 5.91 Å². The Morgan fingerprint density at radius 2 is 1.94 bits per heavy atom. The number of nitrogens with one attached hydrogen (secondary N) is 1. The number of amides is 4. The summed E-state index contributed by atoms with van der Waals surface area (Å²) in [5, 5.41) is 11.9. The molecule has 2 aromatic carbocycles. The summed E-state index contributed by atoms with van der Waals surface area (Å²) in [5.41, 5.74) is 2.28. The number of imide groups is 1. The molecular formula is C22H21N3O6. The second kappa shape index (κ2) is 8.10. The van der Waals surface area contributed by atoms with Gasteiger partial charge in [-0.15, -0.1) is 0 Å². The molecule has 0 aliphatic carbocycles. The molecule has 0 aromatic heterocycles. The number of anilines is 1. The van der Waals surface area contributed by atoms with Gasteiger partial charge >= 0.3 is 12.0 Å². The lowest BCUT2D eigenvalue weighted by Crippen LogP contribution is -2.49. The number of fused-ring (bicyclic) bond motifs is 1. The highest BCUT2D eigenvalue weighted by atomic mass is 16.5. The van der Waals surface area contributed by atoms with Crippen LogP contribution in [0.15, 0.2) is 42.5 Å². The van der Waals surface area contributed by atoms with Crippen molar-refractivity contribution in [3.63, 3.8) is 0 Å². The first-order chi connectivity index (χ1) is 14.9. The number of rotatable bonds is 4. The molecule has 2 N–H and O–H groups in total. The summed E-state index contributed by atoms with van der Waals surface area (Å²) in [6, 6.07) is 11.3. The van der Waals surface area contributed by atoms with Crippen molar-refractivity contribution in [2.24, 2.45) is 0 Å². The number of hydrogen-bond donors (Lipinski definition) is 2. The fraction of sp³-hybridized carbons (Fsp3) is 0.273. The van der Waals surface area contributed by atoms with Crippen LogP contribution in [0.25, 0.3) is 0 Å². The van der Waals surface area contributed by atoms with Crippen molar-refractivity contribution in [1.29, 1.82) is 0 Å². The highest BCUT2D eigenvalue weighted by Gasteiger charge is 2.33. The lowest BCUT2D eigenvalue weighted by Gasteiger charge is -2.33. The van der Waals surface area contributed by atoms with Crippen LogP contribution < -0.4 is 15.0 Å². The summed E-state index contributed by atoms with van der Waals surface area (Å²) in [6.45, 7) is 0.572. The van der Waals surface area contributed by atoms with Gasteiger partial charge in [-0.2, -0.15) is 0 Å². The van der Waals surface area contributed by atoms with E-state index in [2.05, 4.69) is 5.32 Å². The molecule has 4 rings (SSSR count). The summed E-state index contributed by atoms with van der Waals surface area (Å²) >= 11 is 0. The number of carboxylic acids is 1. The third-order valence-corrected chi connectivity index (χ3v) is 5.55. The number of benzene rings is 2. The van der Waals surface area contributed by atoms with Gasteiger partial charge in [-0.25, -0.2) is 4.79 Å². The second-order valence-corrected chi connectivity index (χ2v) is 7.42. The van der Waals surface area contributed by atoms with Gasteiger partial charge in [0, 0.05) is 31.6 Å². The van der Waals surface area contributed by atoms with Gasteiger partial charge in [-0.3, -0.25) is 24.6 Å². The predicted octanol–water partition coefficient (Wildman–Crippen LogP) is 1.97. The minimum atomic E-state index is -0.983. The fourth-order valence-corrected chi connectivity index (χ4v) is 3.98. The zero-order valence-electron chi connectivity index (χ0n) is 16.8. The van der Waals surface area contributed by atoms with E-state index in [0.29, 0.717) is 23.5 Å². The average molecular weight is 423 g/mol. The van der Waals surface area contributed by atoms with Crippen molar-refractivity contribution in [3.05, 3.63) is 59.2 Å². The molecule has 9 heteroatoms. The highest BCUT2D eigenvalue weighted by molar-refractivity contribution is 6.06. The molecule has 2 aliphatic rings. The van der Waals surface area contributed by atoms with Gasteiger partial charge < -0.3 is 14.7 Å². The predicted molar refractivity (Wildman–Crippen MR) is 110 cm³/mol. The van der Waals surface area contributed by atoms with Gasteiger partial charge in [0.15, 0.2) is 0 Å². The fourth-order valence-electron chi connectivity index (χ4n) is 3.98. The second-order valence-electron chi connectivity index (χ2n) is 7.42. The number of carbonyl (C=O) groups is 4. The quantitative estimate of drug-likeness (QED) is 0.777.